The molecule has 0 amide bonds. The molecule has 0 bridgehead atoms. The van der Waals surface area contributed by atoms with Gasteiger partial charge in [0.2, 0.25) is 0 Å². The van der Waals surface area contributed by atoms with E-state index in [0.717, 1.165) is 11.4 Å². The van der Waals surface area contributed by atoms with Crippen LogP contribution >= 0.6 is 12.2 Å². The Morgan fingerprint density at radius 3 is 2.94 bits per heavy atom. The summed E-state index contributed by atoms with van der Waals surface area (Å²) in [7, 11) is 1.66. The number of benzene rings is 1. The zero-order chi connectivity index (χ0) is 12.5. The van der Waals surface area contributed by atoms with Gasteiger partial charge >= 0.3 is 0 Å². The third-order valence-electron chi connectivity index (χ3n) is 1.99. The number of rotatable bonds is 6. The minimum absolute atomic E-state index is 0.579. The molecule has 1 aromatic rings. The largest absolute Gasteiger partial charge is 0.494 e. The Balaban J connectivity index is 2.44. The fourth-order valence-electron chi connectivity index (χ4n) is 1.27. The van der Waals surface area contributed by atoms with Crippen LogP contribution in [-0.4, -0.2) is 32.0 Å². The first-order valence-electron chi connectivity index (χ1n) is 5.53. The Hall–Kier alpha value is -1.33. The van der Waals surface area contributed by atoms with Gasteiger partial charge in [0.05, 0.1) is 13.2 Å². The molecule has 17 heavy (non-hydrogen) atoms. The Morgan fingerprint density at radius 2 is 2.24 bits per heavy atom. The minimum Gasteiger partial charge on any atom is -0.494 e. The Kier molecular flexibility index (Phi) is 6.35. The lowest BCUT2D eigenvalue weighted by Crippen LogP contribution is -2.31. The number of hydrogen-bond donors (Lipinski definition) is 2. The molecule has 0 spiro atoms. The van der Waals surface area contributed by atoms with E-state index in [1.807, 2.05) is 31.2 Å². The molecule has 94 valence electrons. The van der Waals surface area contributed by atoms with Crippen LogP contribution in [0.1, 0.15) is 6.92 Å². The normalized spacial score (nSPS) is 9.76. The minimum atomic E-state index is 0.579. The first-order valence-corrected chi connectivity index (χ1v) is 5.93. The van der Waals surface area contributed by atoms with Gasteiger partial charge in [-0.25, -0.2) is 0 Å². The average Bonchev–Trinajstić information content (AvgIpc) is 2.30. The van der Waals surface area contributed by atoms with Crippen molar-refractivity contribution in [2.45, 2.75) is 6.92 Å². The standard InChI is InChI=1S/C12H18N2O2S/c1-3-16-11-6-4-5-10(9-11)14-12(17)13-7-8-15-2/h4-6,9H,3,7-8H2,1-2H3,(H2,13,14,17). The summed E-state index contributed by atoms with van der Waals surface area (Å²) >= 11 is 5.14. The van der Waals surface area contributed by atoms with E-state index >= 15 is 0 Å². The molecule has 0 heterocycles. The molecule has 0 aliphatic heterocycles. The van der Waals surface area contributed by atoms with Crippen molar-refractivity contribution in [3.8, 4) is 5.75 Å². The van der Waals surface area contributed by atoms with Crippen molar-refractivity contribution in [3.05, 3.63) is 24.3 Å². The average molecular weight is 254 g/mol. The molecule has 0 unspecified atom stereocenters. The number of hydrogen-bond acceptors (Lipinski definition) is 3. The van der Waals surface area contributed by atoms with Crippen molar-refractivity contribution in [2.24, 2.45) is 0 Å². The zero-order valence-corrected chi connectivity index (χ0v) is 11.0. The maximum atomic E-state index is 5.40. The second-order valence-corrected chi connectivity index (χ2v) is 3.74. The molecule has 0 aliphatic carbocycles. The smallest absolute Gasteiger partial charge is 0.170 e. The van der Waals surface area contributed by atoms with Gasteiger partial charge in [-0.3, -0.25) is 0 Å². The summed E-state index contributed by atoms with van der Waals surface area (Å²) in [6.07, 6.45) is 0. The van der Waals surface area contributed by atoms with E-state index in [4.69, 9.17) is 21.7 Å². The van der Waals surface area contributed by atoms with E-state index < -0.39 is 0 Å². The fourth-order valence-corrected chi connectivity index (χ4v) is 1.49. The molecule has 0 aliphatic rings. The number of ether oxygens (including phenoxy) is 2. The van der Waals surface area contributed by atoms with Gasteiger partial charge in [-0.15, -0.1) is 0 Å². The van der Waals surface area contributed by atoms with Crippen LogP contribution in [-0.2, 0) is 4.74 Å². The lowest BCUT2D eigenvalue weighted by atomic mass is 10.3. The topological polar surface area (TPSA) is 42.5 Å². The van der Waals surface area contributed by atoms with E-state index in [9.17, 15) is 0 Å². The molecule has 2 N–H and O–H groups in total. The maximum Gasteiger partial charge on any atom is 0.170 e. The third kappa shape index (κ3) is 5.51. The lowest BCUT2D eigenvalue weighted by Gasteiger charge is -2.11. The molecule has 1 aromatic carbocycles. The SMILES string of the molecule is CCOc1cccc(NC(=S)NCCOC)c1. The summed E-state index contributed by atoms with van der Waals surface area (Å²) in [4.78, 5) is 0. The molecular weight excluding hydrogens is 236 g/mol. The highest BCUT2D eigenvalue weighted by atomic mass is 32.1. The molecule has 0 atom stereocenters. The van der Waals surface area contributed by atoms with E-state index in [0.29, 0.717) is 24.9 Å². The molecule has 0 aromatic heterocycles. The number of thiocarbonyl (C=S) groups is 1. The molecule has 1 rings (SSSR count). The van der Waals surface area contributed by atoms with Gasteiger partial charge in [-0.1, -0.05) is 6.07 Å². The summed E-state index contributed by atoms with van der Waals surface area (Å²) in [5, 5.41) is 6.70. The number of anilines is 1. The van der Waals surface area contributed by atoms with Crippen LogP contribution in [0.2, 0.25) is 0 Å². The van der Waals surface area contributed by atoms with Crippen LogP contribution in [0.4, 0.5) is 5.69 Å². The molecule has 5 heteroatoms. The van der Waals surface area contributed by atoms with Crippen molar-refractivity contribution in [3.63, 3.8) is 0 Å². The second-order valence-electron chi connectivity index (χ2n) is 3.33. The Labute approximate surface area is 107 Å². The van der Waals surface area contributed by atoms with Crippen LogP contribution in [0.5, 0.6) is 5.75 Å². The monoisotopic (exact) mass is 254 g/mol. The first kappa shape index (κ1) is 13.7. The molecule has 0 radical (unpaired) electrons. The summed E-state index contributed by atoms with van der Waals surface area (Å²) in [5.74, 6) is 0.831. The van der Waals surface area contributed by atoms with E-state index in [1.54, 1.807) is 7.11 Å². The van der Waals surface area contributed by atoms with Crippen LogP contribution in [0.3, 0.4) is 0 Å². The molecule has 0 saturated heterocycles. The van der Waals surface area contributed by atoms with E-state index in [-0.39, 0.29) is 0 Å². The van der Waals surface area contributed by atoms with Gasteiger partial charge in [0.1, 0.15) is 5.75 Å². The highest BCUT2D eigenvalue weighted by molar-refractivity contribution is 7.80. The lowest BCUT2D eigenvalue weighted by molar-refractivity contribution is 0.204. The molecule has 0 fully saturated rings. The predicted octanol–water partition coefficient (Wildman–Crippen LogP) is 2.02. The number of nitrogens with one attached hydrogen (secondary N) is 2. The Morgan fingerprint density at radius 1 is 1.41 bits per heavy atom. The van der Waals surface area contributed by atoms with Gasteiger partial charge in [0.25, 0.3) is 0 Å². The highest BCUT2D eigenvalue weighted by Gasteiger charge is 1.98. The summed E-state index contributed by atoms with van der Waals surface area (Å²) < 4.78 is 10.3. The van der Waals surface area contributed by atoms with Crippen molar-refractivity contribution in [1.82, 2.24) is 5.32 Å². The maximum absolute atomic E-state index is 5.40. The van der Waals surface area contributed by atoms with Crippen molar-refractivity contribution < 1.29 is 9.47 Å². The van der Waals surface area contributed by atoms with Crippen LogP contribution < -0.4 is 15.4 Å². The summed E-state index contributed by atoms with van der Waals surface area (Å²) in [6.45, 7) is 3.92. The zero-order valence-electron chi connectivity index (χ0n) is 10.2. The predicted molar refractivity (Wildman–Crippen MR) is 73.7 cm³/mol. The molecular formula is C12H18N2O2S. The van der Waals surface area contributed by atoms with E-state index in [1.165, 1.54) is 0 Å². The molecule has 0 saturated carbocycles. The van der Waals surface area contributed by atoms with Gasteiger partial charge in [-0.05, 0) is 31.3 Å². The van der Waals surface area contributed by atoms with Crippen LogP contribution in [0.15, 0.2) is 24.3 Å². The third-order valence-corrected chi connectivity index (χ3v) is 2.24. The van der Waals surface area contributed by atoms with Gasteiger partial charge in [0.15, 0.2) is 5.11 Å². The van der Waals surface area contributed by atoms with Crippen molar-refractivity contribution in [2.75, 3.05) is 32.2 Å². The fraction of sp³-hybridized carbons (Fsp3) is 0.417. The van der Waals surface area contributed by atoms with Crippen molar-refractivity contribution >= 4 is 23.0 Å². The second kappa shape index (κ2) is 7.86. The van der Waals surface area contributed by atoms with Gasteiger partial charge in [0, 0.05) is 25.4 Å². The van der Waals surface area contributed by atoms with Crippen molar-refractivity contribution in [1.29, 1.82) is 0 Å². The van der Waals surface area contributed by atoms with Crippen LogP contribution in [0, 0.1) is 0 Å². The summed E-state index contributed by atoms with van der Waals surface area (Å²) in [6, 6.07) is 7.68. The quantitative estimate of drug-likeness (QED) is 0.600. The number of methoxy groups -OCH3 is 1. The van der Waals surface area contributed by atoms with E-state index in [2.05, 4.69) is 10.6 Å². The summed E-state index contributed by atoms with van der Waals surface area (Å²) in [5.41, 5.74) is 0.908. The highest BCUT2D eigenvalue weighted by Crippen LogP contribution is 2.16. The van der Waals surface area contributed by atoms with Gasteiger partial charge < -0.3 is 20.1 Å². The van der Waals surface area contributed by atoms with Crippen LogP contribution in [0.25, 0.3) is 0 Å². The first-order chi connectivity index (χ1) is 8.26. The van der Waals surface area contributed by atoms with Gasteiger partial charge in [-0.2, -0.15) is 0 Å². The Bertz CT molecular complexity index is 358. The molecule has 4 nitrogen and oxygen atoms in total.